The number of nitrogens with zero attached hydrogens (tertiary/aromatic N) is 9. The number of hydrogen-bond donors (Lipinski definition) is 1. The Morgan fingerprint density at radius 2 is 0.925 bits per heavy atom. The fourth-order valence-corrected chi connectivity index (χ4v) is 9.95. The molecule has 0 bridgehead atoms. The van der Waals surface area contributed by atoms with Gasteiger partial charge in [-0.1, -0.05) is 126 Å². The van der Waals surface area contributed by atoms with Gasteiger partial charge in [-0.15, -0.1) is 0 Å². The summed E-state index contributed by atoms with van der Waals surface area (Å²) in [5.74, 6) is -0.871. The fourth-order valence-electron chi connectivity index (χ4n) is 9.95. The standard InChI is InChI=1S/C24H24N2O6.C17H18N4O5.C15H16N4O3/c1-15(27)13-29-22-20(26-23(28)16-8-4-2-5-9-16)18(12-25)31-19-14-30-24(32-21(19)22)17-10-6-3-7-11-17;1-10(22)8-23-16-14(20-21-19)12(7-18)25-13-9-24-17(26-15(13)16)11-5-3-2-4-6-11;1-9-13(18-19-17)11(7-16)21-12-8-20-15(22-14(9)12)10-5-3-2-4-6-10/h2-11,18-22,24H,13-14H2,1H3,(H,26,28);2-6,12-17H,8-9H2,1H3;2-6,9,11-15H,8H2,1H3/t18-,19?,20?,21-,22+,24?;12-,13?,14?,15-,16+,17?;9-,11+,12?,13?,14-,15?/m001/s1. The Morgan fingerprint density at radius 3 is 1.36 bits per heavy atom. The molecule has 0 aliphatic carbocycles. The van der Waals surface area contributed by atoms with Crippen LogP contribution in [0, 0.1) is 39.9 Å². The highest BCUT2D eigenvalue weighted by molar-refractivity contribution is 5.94. The highest BCUT2D eigenvalue weighted by Crippen LogP contribution is 2.40. The fraction of sp³-hybridized carbons (Fsp3) is 0.464. The van der Waals surface area contributed by atoms with Gasteiger partial charge in [0.15, 0.2) is 48.7 Å². The van der Waals surface area contributed by atoms with E-state index in [1.807, 2.05) is 116 Å². The summed E-state index contributed by atoms with van der Waals surface area (Å²) in [4.78, 5) is 41.5. The van der Waals surface area contributed by atoms with Crippen LogP contribution in [0.3, 0.4) is 0 Å². The second-order valence-corrected chi connectivity index (χ2v) is 19.3. The molecule has 1 N–H and O–H groups in total. The van der Waals surface area contributed by atoms with E-state index >= 15 is 0 Å². The number of nitrogens with one attached hydrogen (secondary N) is 1. The van der Waals surface area contributed by atoms with Crippen molar-refractivity contribution in [1.29, 1.82) is 15.8 Å². The summed E-state index contributed by atoms with van der Waals surface area (Å²) in [6, 6.07) is 40.8. The average molecular weight is 1100 g/mol. The van der Waals surface area contributed by atoms with E-state index in [0.29, 0.717) is 12.2 Å². The molecule has 4 aromatic carbocycles. The summed E-state index contributed by atoms with van der Waals surface area (Å²) in [6.07, 6.45) is -9.20. The summed E-state index contributed by atoms with van der Waals surface area (Å²) < 4.78 is 64.3. The van der Waals surface area contributed by atoms with Crippen molar-refractivity contribution in [2.75, 3.05) is 33.0 Å². The molecular weight excluding hydrogens is 1040 g/mol. The van der Waals surface area contributed by atoms with Crippen molar-refractivity contribution in [1.82, 2.24) is 5.32 Å². The minimum absolute atomic E-state index is 0.130. The van der Waals surface area contributed by atoms with E-state index in [1.54, 1.807) is 24.3 Å². The Morgan fingerprint density at radius 1 is 0.550 bits per heavy atom. The van der Waals surface area contributed by atoms with Crippen LogP contribution in [-0.4, -0.2) is 136 Å². The minimum Gasteiger partial charge on any atom is -0.367 e. The molecule has 18 atom stereocenters. The number of benzene rings is 4. The number of fused-ring (bicyclic) bond motifs is 3. The van der Waals surface area contributed by atoms with Crippen LogP contribution >= 0.6 is 0 Å². The van der Waals surface area contributed by atoms with E-state index in [4.69, 9.17) is 63.2 Å². The van der Waals surface area contributed by atoms with Crippen molar-refractivity contribution >= 4 is 17.5 Å². The number of ketones is 2. The summed E-state index contributed by atoms with van der Waals surface area (Å²) in [6.45, 7) is 5.07. The summed E-state index contributed by atoms with van der Waals surface area (Å²) in [7, 11) is 0. The highest BCUT2D eigenvalue weighted by Gasteiger charge is 2.53. The predicted octanol–water partition coefficient (Wildman–Crippen LogP) is 6.92. The molecule has 0 saturated carbocycles. The largest absolute Gasteiger partial charge is 0.367 e. The molecule has 24 nitrogen and oxygen atoms in total. The van der Waals surface area contributed by atoms with Gasteiger partial charge in [0.05, 0.1) is 62.3 Å². The van der Waals surface area contributed by atoms with E-state index in [1.165, 1.54) is 13.8 Å². The molecule has 416 valence electrons. The first kappa shape index (κ1) is 58.5. The van der Waals surface area contributed by atoms with Gasteiger partial charge in [-0.25, -0.2) is 0 Å². The Kier molecular flexibility index (Phi) is 20.8. The second kappa shape index (κ2) is 28.5. The first-order valence-electron chi connectivity index (χ1n) is 25.7. The number of Topliss-reactive ketones (excluding diaryl/α,β-unsaturated/α-hetero) is 2. The zero-order chi connectivity index (χ0) is 56.5. The third-order valence-corrected chi connectivity index (χ3v) is 13.7. The molecule has 10 rings (SSSR count). The monoisotopic (exact) mass is 1090 g/mol. The van der Waals surface area contributed by atoms with Crippen molar-refractivity contribution in [3.05, 3.63) is 164 Å². The molecule has 0 aromatic heterocycles. The predicted molar refractivity (Wildman–Crippen MR) is 276 cm³/mol. The number of rotatable bonds is 13. The Hall–Kier alpha value is -7.66. The van der Waals surface area contributed by atoms with Gasteiger partial charge in [-0.2, -0.15) is 15.8 Å². The lowest BCUT2D eigenvalue weighted by molar-refractivity contribution is -0.313. The molecule has 1 amide bonds. The Labute approximate surface area is 460 Å². The van der Waals surface area contributed by atoms with Crippen LogP contribution in [0.4, 0.5) is 0 Å². The molecule has 0 radical (unpaired) electrons. The lowest BCUT2D eigenvalue weighted by Crippen LogP contribution is -2.66. The van der Waals surface area contributed by atoms with E-state index in [0.717, 1.165) is 16.7 Å². The van der Waals surface area contributed by atoms with E-state index < -0.39 is 91.9 Å². The van der Waals surface area contributed by atoms with E-state index in [-0.39, 0.29) is 62.0 Å². The maximum absolute atomic E-state index is 12.8. The zero-order valence-electron chi connectivity index (χ0n) is 43.7. The smallest absolute Gasteiger partial charge is 0.251 e. The summed E-state index contributed by atoms with van der Waals surface area (Å²) >= 11 is 0. The van der Waals surface area contributed by atoms with Crippen molar-refractivity contribution < 1.29 is 66.5 Å². The Bertz CT molecular complexity index is 2940. The van der Waals surface area contributed by atoms with Crippen LogP contribution in [0.25, 0.3) is 20.9 Å². The van der Waals surface area contributed by atoms with Crippen LogP contribution in [-0.2, 0) is 61.7 Å². The maximum atomic E-state index is 12.8. The topological polar surface area (TPSA) is 334 Å². The van der Waals surface area contributed by atoms with Gasteiger partial charge in [0.2, 0.25) is 0 Å². The van der Waals surface area contributed by atoms with Crippen molar-refractivity contribution in [3.8, 4) is 18.2 Å². The number of carbonyl (C=O) groups is 3. The molecule has 6 heterocycles. The van der Waals surface area contributed by atoms with Crippen molar-refractivity contribution in [2.45, 2.75) is 125 Å². The van der Waals surface area contributed by atoms with Gasteiger partial charge < -0.3 is 57.4 Å². The second-order valence-electron chi connectivity index (χ2n) is 19.3. The summed E-state index contributed by atoms with van der Waals surface area (Å²) in [5, 5.41) is 38.5. The van der Waals surface area contributed by atoms with Crippen LogP contribution in [0.15, 0.2) is 132 Å². The number of hydrogen-bond acceptors (Lipinski definition) is 19. The number of carbonyl (C=O) groups excluding carboxylic acids is 3. The first-order chi connectivity index (χ1) is 38.9. The van der Waals surface area contributed by atoms with Crippen molar-refractivity contribution in [2.24, 2.45) is 16.1 Å². The molecule has 6 fully saturated rings. The van der Waals surface area contributed by atoms with Gasteiger partial charge in [-0.05, 0) is 43.0 Å². The first-order valence-corrected chi connectivity index (χ1v) is 25.7. The molecule has 24 heteroatoms. The average Bonchev–Trinajstić information content (AvgIpc) is 3.60. The molecule has 6 aliphatic rings. The Balaban J connectivity index is 0.000000161. The third kappa shape index (κ3) is 14.4. The molecule has 9 unspecified atom stereocenters. The molecular formula is C56H58N10O14. The molecule has 0 spiro atoms. The minimum atomic E-state index is -1.01. The van der Waals surface area contributed by atoms with Crippen LogP contribution in [0.1, 0.15) is 66.7 Å². The summed E-state index contributed by atoms with van der Waals surface area (Å²) in [5.41, 5.74) is 20.6. The van der Waals surface area contributed by atoms with Gasteiger partial charge in [0.25, 0.3) is 5.91 Å². The number of azide groups is 2. The lowest BCUT2D eigenvalue weighted by Gasteiger charge is -2.48. The third-order valence-electron chi connectivity index (χ3n) is 13.7. The van der Waals surface area contributed by atoms with Gasteiger partial charge >= 0.3 is 0 Å². The van der Waals surface area contributed by atoms with Crippen LogP contribution < -0.4 is 5.32 Å². The van der Waals surface area contributed by atoms with Crippen molar-refractivity contribution in [3.63, 3.8) is 0 Å². The lowest BCUT2D eigenvalue weighted by atomic mass is 9.86. The molecule has 6 aliphatic heterocycles. The molecule has 80 heavy (non-hydrogen) atoms. The number of nitriles is 3. The zero-order valence-corrected chi connectivity index (χ0v) is 43.7. The number of ether oxygens (including phenoxy) is 11. The van der Waals surface area contributed by atoms with Gasteiger partial charge in [-0.3, -0.25) is 14.4 Å². The highest BCUT2D eigenvalue weighted by atomic mass is 16.7. The van der Waals surface area contributed by atoms with E-state index in [9.17, 15) is 30.2 Å². The normalized spacial score (nSPS) is 32.9. The quantitative estimate of drug-likeness (QED) is 0.0806. The molecule has 6 saturated heterocycles. The van der Waals surface area contributed by atoms with Gasteiger partial charge in [0, 0.05) is 32.1 Å². The number of amides is 1. The van der Waals surface area contributed by atoms with Crippen LogP contribution in [0.5, 0.6) is 0 Å². The maximum Gasteiger partial charge on any atom is 0.251 e. The van der Waals surface area contributed by atoms with Crippen LogP contribution in [0.2, 0.25) is 0 Å². The van der Waals surface area contributed by atoms with Gasteiger partial charge in [0.1, 0.15) is 55.9 Å². The molecule has 4 aromatic rings. The van der Waals surface area contributed by atoms with E-state index in [2.05, 4.69) is 31.4 Å². The SMILES string of the molecule is CC(=O)CO[C@@H]1C(N=[N+]=[N-])[C@H](C#N)OC2COC(c3ccccc3)O[C@@H]21.CC(=O)CO[C@@H]1C(NC(=O)c2ccccc2)[C@H](C#N)OC2COC(c3ccccc3)O[C@@H]21.C[C@@H]1C(N=[N+]=[N-])[C@H](C#N)OC2COC(c3ccccc3)O[C@@H]21.